The first kappa shape index (κ1) is 17.9. The molecule has 1 saturated heterocycles. The highest BCUT2D eigenvalue weighted by Crippen LogP contribution is 2.47. The van der Waals surface area contributed by atoms with Crippen LogP contribution in [0.25, 0.3) is 0 Å². The molecule has 1 saturated carbocycles. The second kappa shape index (κ2) is 8.06. The zero-order valence-electron chi connectivity index (χ0n) is 15.1. The first-order chi connectivity index (χ1) is 13.2. The van der Waals surface area contributed by atoms with Gasteiger partial charge in [0.1, 0.15) is 6.10 Å². The van der Waals surface area contributed by atoms with E-state index in [9.17, 15) is 9.90 Å². The van der Waals surface area contributed by atoms with Gasteiger partial charge in [-0.05, 0) is 29.5 Å². The number of aliphatic hydroxyl groups excluding tert-OH is 1. The molecule has 2 aliphatic rings. The Kier molecular flexibility index (Phi) is 5.36. The van der Waals surface area contributed by atoms with Gasteiger partial charge in [0, 0.05) is 24.6 Å². The third-order valence-electron chi connectivity index (χ3n) is 5.19. The quantitative estimate of drug-likeness (QED) is 0.783. The van der Waals surface area contributed by atoms with Crippen molar-refractivity contribution in [1.29, 1.82) is 0 Å². The Morgan fingerprint density at radius 2 is 2.15 bits per heavy atom. The molecule has 2 aromatic rings. The predicted octanol–water partition coefficient (Wildman–Crippen LogP) is 2.20. The molecule has 1 aromatic heterocycles. The molecule has 0 radical (unpaired) electrons. The summed E-state index contributed by atoms with van der Waals surface area (Å²) >= 11 is 0. The summed E-state index contributed by atoms with van der Waals surface area (Å²) in [6.07, 6.45) is 3.40. The van der Waals surface area contributed by atoms with E-state index in [2.05, 4.69) is 22.4 Å². The van der Waals surface area contributed by atoms with E-state index in [-0.39, 0.29) is 30.5 Å². The van der Waals surface area contributed by atoms with Crippen molar-refractivity contribution in [3.05, 3.63) is 59.8 Å². The maximum atomic E-state index is 12.5. The topological polar surface area (TPSA) is 80.7 Å². The minimum atomic E-state index is -0.467. The van der Waals surface area contributed by atoms with Crippen molar-refractivity contribution in [3.63, 3.8) is 0 Å². The summed E-state index contributed by atoms with van der Waals surface area (Å²) in [5.74, 6) is 0.752. The van der Waals surface area contributed by atoms with E-state index in [0.717, 1.165) is 18.4 Å². The highest BCUT2D eigenvalue weighted by atomic mass is 16.5. The Hall–Kier alpha value is -2.44. The maximum Gasteiger partial charge on any atom is 0.224 e. The third kappa shape index (κ3) is 4.28. The Bertz CT molecular complexity index is 760. The highest BCUT2D eigenvalue weighted by Gasteiger charge is 2.44. The van der Waals surface area contributed by atoms with E-state index in [1.54, 1.807) is 12.3 Å². The van der Waals surface area contributed by atoms with E-state index < -0.39 is 6.04 Å². The van der Waals surface area contributed by atoms with Crippen molar-refractivity contribution in [1.82, 2.24) is 10.3 Å². The van der Waals surface area contributed by atoms with Gasteiger partial charge in [-0.25, -0.2) is 4.98 Å². The molecule has 1 amide bonds. The standard InChI is InChI=1S/C21H24N2O4/c24-12-19(15-6-7-20(22-11-15)27-16-8-9-26-13-16)23-21(25)18-10-17(18)14-4-2-1-3-5-14/h1-7,11,16-19,24H,8-10,12-13H2,(H,23,25)/t16-,17+,18-,19-/m0/s1. The molecule has 1 aliphatic carbocycles. The van der Waals surface area contributed by atoms with Gasteiger partial charge in [-0.3, -0.25) is 4.79 Å². The number of rotatable bonds is 7. The van der Waals surface area contributed by atoms with Crippen molar-refractivity contribution in [2.24, 2.45) is 5.92 Å². The molecule has 6 nitrogen and oxygen atoms in total. The average molecular weight is 368 g/mol. The maximum absolute atomic E-state index is 12.5. The number of aliphatic hydroxyl groups is 1. The number of carbonyl (C=O) groups excluding carboxylic acids is 1. The number of hydrogen-bond acceptors (Lipinski definition) is 5. The minimum absolute atomic E-state index is 0.0219. The molecule has 1 aliphatic heterocycles. The number of ether oxygens (including phenoxy) is 2. The summed E-state index contributed by atoms with van der Waals surface area (Å²) < 4.78 is 11.0. The lowest BCUT2D eigenvalue weighted by Crippen LogP contribution is -2.32. The fraction of sp³-hybridized carbons (Fsp3) is 0.429. The first-order valence-corrected chi connectivity index (χ1v) is 9.41. The van der Waals surface area contributed by atoms with Gasteiger partial charge in [0.15, 0.2) is 0 Å². The van der Waals surface area contributed by atoms with E-state index in [1.807, 2.05) is 24.3 Å². The monoisotopic (exact) mass is 368 g/mol. The number of pyridine rings is 1. The third-order valence-corrected chi connectivity index (χ3v) is 5.19. The number of hydrogen-bond donors (Lipinski definition) is 2. The van der Waals surface area contributed by atoms with Crippen molar-refractivity contribution >= 4 is 5.91 Å². The Morgan fingerprint density at radius 1 is 1.30 bits per heavy atom. The molecule has 4 atom stereocenters. The molecule has 4 rings (SSSR count). The van der Waals surface area contributed by atoms with Gasteiger partial charge in [-0.15, -0.1) is 0 Å². The number of benzene rings is 1. The molecule has 1 aromatic carbocycles. The van der Waals surface area contributed by atoms with Gasteiger partial charge in [-0.1, -0.05) is 30.3 Å². The average Bonchev–Trinajstić information content (AvgIpc) is 3.36. The van der Waals surface area contributed by atoms with Crippen LogP contribution in [0.4, 0.5) is 0 Å². The summed E-state index contributed by atoms with van der Waals surface area (Å²) in [5, 5.41) is 12.7. The second-order valence-electron chi connectivity index (χ2n) is 7.14. The van der Waals surface area contributed by atoms with Crippen LogP contribution in [-0.2, 0) is 9.53 Å². The molecular weight excluding hydrogens is 344 g/mol. The number of amides is 1. The molecule has 2 heterocycles. The lowest BCUT2D eigenvalue weighted by atomic mass is 10.1. The van der Waals surface area contributed by atoms with Crippen LogP contribution in [0.15, 0.2) is 48.7 Å². The van der Waals surface area contributed by atoms with Gasteiger partial charge >= 0.3 is 0 Å². The molecule has 2 N–H and O–H groups in total. The van der Waals surface area contributed by atoms with Crippen LogP contribution >= 0.6 is 0 Å². The van der Waals surface area contributed by atoms with Gasteiger partial charge in [0.05, 0.1) is 25.9 Å². The Morgan fingerprint density at radius 3 is 2.81 bits per heavy atom. The van der Waals surface area contributed by atoms with Gasteiger partial charge in [-0.2, -0.15) is 0 Å². The molecule has 6 heteroatoms. The predicted molar refractivity (Wildman–Crippen MR) is 99.3 cm³/mol. The summed E-state index contributed by atoms with van der Waals surface area (Å²) in [6.45, 7) is 1.13. The second-order valence-corrected chi connectivity index (χ2v) is 7.14. The Balaban J connectivity index is 1.34. The van der Waals surface area contributed by atoms with Crippen LogP contribution < -0.4 is 10.1 Å². The Labute approximate surface area is 158 Å². The smallest absolute Gasteiger partial charge is 0.224 e. The van der Waals surface area contributed by atoms with E-state index in [0.29, 0.717) is 19.1 Å². The van der Waals surface area contributed by atoms with Crippen LogP contribution in [0.1, 0.15) is 35.9 Å². The molecule has 0 bridgehead atoms. The lowest BCUT2D eigenvalue weighted by Gasteiger charge is -2.17. The molecule has 0 unspecified atom stereocenters. The number of nitrogens with zero attached hydrogens (tertiary/aromatic N) is 1. The summed E-state index contributed by atoms with van der Waals surface area (Å²) in [4.78, 5) is 16.8. The summed E-state index contributed by atoms with van der Waals surface area (Å²) in [5.41, 5.74) is 1.95. The van der Waals surface area contributed by atoms with E-state index in [4.69, 9.17) is 9.47 Å². The van der Waals surface area contributed by atoms with Crippen molar-refractivity contribution in [2.45, 2.75) is 30.9 Å². The largest absolute Gasteiger partial charge is 0.472 e. The van der Waals surface area contributed by atoms with Crippen molar-refractivity contribution in [3.8, 4) is 5.88 Å². The van der Waals surface area contributed by atoms with Crippen LogP contribution in [0.3, 0.4) is 0 Å². The van der Waals surface area contributed by atoms with Gasteiger partial charge in [0.2, 0.25) is 11.8 Å². The van der Waals surface area contributed by atoms with Gasteiger partial charge < -0.3 is 19.9 Å². The zero-order valence-corrected chi connectivity index (χ0v) is 15.1. The lowest BCUT2D eigenvalue weighted by molar-refractivity contribution is -0.123. The molecule has 27 heavy (non-hydrogen) atoms. The molecular formula is C21H24N2O4. The van der Waals surface area contributed by atoms with Crippen LogP contribution in [0, 0.1) is 5.92 Å². The molecule has 0 spiro atoms. The highest BCUT2D eigenvalue weighted by molar-refractivity contribution is 5.83. The van der Waals surface area contributed by atoms with E-state index in [1.165, 1.54) is 5.56 Å². The van der Waals surface area contributed by atoms with E-state index >= 15 is 0 Å². The van der Waals surface area contributed by atoms with Crippen molar-refractivity contribution < 1.29 is 19.4 Å². The van der Waals surface area contributed by atoms with Gasteiger partial charge in [0.25, 0.3) is 0 Å². The van der Waals surface area contributed by atoms with Crippen molar-refractivity contribution in [2.75, 3.05) is 19.8 Å². The fourth-order valence-corrected chi connectivity index (χ4v) is 3.51. The molecule has 2 fully saturated rings. The SMILES string of the molecule is O=C(N[C@@H](CO)c1ccc(O[C@H]2CCOC2)nc1)[C@H]1C[C@@H]1c1ccccc1. The fourth-order valence-electron chi connectivity index (χ4n) is 3.51. The number of aromatic nitrogens is 1. The molecule has 142 valence electrons. The van der Waals surface area contributed by atoms with Crippen LogP contribution in [-0.4, -0.2) is 41.9 Å². The summed E-state index contributed by atoms with van der Waals surface area (Å²) in [7, 11) is 0. The first-order valence-electron chi connectivity index (χ1n) is 9.41. The zero-order chi connectivity index (χ0) is 18.6. The number of nitrogens with one attached hydrogen (secondary N) is 1. The normalized spacial score (nSPS) is 25.0. The minimum Gasteiger partial charge on any atom is -0.472 e. The summed E-state index contributed by atoms with van der Waals surface area (Å²) in [6, 6.07) is 13.2. The van der Waals surface area contributed by atoms with Crippen LogP contribution in [0.2, 0.25) is 0 Å². The number of carbonyl (C=O) groups is 1. The van der Waals surface area contributed by atoms with Crippen LogP contribution in [0.5, 0.6) is 5.88 Å².